The fraction of sp³-hybridized carbons (Fsp3) is 0.391. The number of hydrogen-bond acceptors (Lipinski definition) is 5. The number of amides is 1. The Labute approximate surface area is 184 Å². The van der Waals surface area contributed by atoms with E-state index >= 15 is 0 Å². The van der Waals surface area contributed by atoms with E-state index in [9.17, 15) is 13.6 Å². The van der Waals surface area contributed by atoms with E-state index in [1.54, 1.807) is 15.8 Å². The fourth-order valence-corrected chi connectivity index (χ4v) is 4.94. The van der Waals surface area contributed by atoms with Crippen LogP contribution in [0.25, 0.3) is 5.82 Å². The van der Waals surface area contributed by atoms with Gasteiger partial charge in [0.2, 0.25) is 5.91 Å². The summed E-state index contributed by atoms with van der Waals surface area (Å²) >= 11 is 0. The summed E-state index contributed by atoms with van der Waals surface area (Å²) in [6.07, 6.45) is 7.04. The fourth-order valence-electron chi connectivity index (χ4n) is 4.94. The van der Waals surface area contributed by atoms with Crippen LogP contribution >= 0.6 is 0 Å². The molecule has 0 atom stereocenters. The largest absolute Gasteiger partial charge is 0.356 e. The lowest BCUT2D eigenvalue weighted by Gasteiger charge is -2.51. The van der Waals surface area contributed by atoms with Gasteiger partial charge in [0.25, 0.3) is 0 Å². The molecule has 1 spiro atoms. The zero-order chi connectivity index (χ0) is 22.3. The van der Waals surface area contributed by atoms with Gasteiger partial charge in [-0.25, -0.2) is 23.4 Å². The van der Waals surface area contributed by atoms with Crippen LogP contribution in [0.3, 0.4) is 0 Å². The Bertz CT molecular complexity index is 1140. The number of piperidine rings is 2. The molecule has 0 bridgehead atoms. The standard InChI is InChI=1S/C23H24F2N6O/c1-16-27-20(15-21(28-16)30-11-3-10-26-30)29-12-8-23(9-13-29)7-2-4-22(32)31(23)17-5-6-18(24)19(25)14-17/h3,5-6,10-11,14-15H,2,4,7-9,12-13H2,1H3. The predicted octanol–water partition coefficient (Wildman–Crippen LogP) is 3.81. The molecule has 0 saturated carbocycles. The molecule has 2 aromatic heterocycles. The summed E-state index contributed by atoms with van der Waals surface area (Å²) in [7, 11) is 0. The van der Waals surface area contributed by atoms with E-state index in [0.717, 1.165) is 43.6 Å². The molecule has 166 valence electrons. The van der Waals surface area contributed by atoms with Crippen LogP contribution in [0.1, 0.15) is 37.9 Å². The van der Waals surface area contributed by atoms with Crippen molar-refractivity contribution in [2.24, 2.45) is 0 Å². The lowest BCUT2D eigenvalue weighted by Crippen LogP contribution is -2.60. The van der Waals surface area contributed by atoms with Crippen molar-refractivity contribution < 1.29 is 13.6 Å². The van der Waals surface area contributed by atoms with Crippen LogP contribution < -0.4 is 9.80 Å². The van der Waals surface area contributed by atoms with Crippen molar-refractivity contribution in [3.05, 3.63) is 60.2 Å². The van der Waals surface area contributed by atoms with Crippen molar-refractivity contribution >= 4 is 17.4 Å². The van der Waals surface area contributed by atoms with Crippen molar-refractivity contribution in [2.45, 2.75) is 44.6 Å². The molecule has 9 heteroatoms. The van der Waals surface area contributed by atoms with Crippen molar-refractivity contribution in [2.75, 3.05) is 22.9 Å². The van der Waals surface area contributed by atoms with Gasteiger partial charge in [0, 0.05) is 49.7 Å². The number of nitrogens with zero attached hydrogens (tertiary/aromatic N) is 6. The maximum Gasteiger partial charge on any atom is 0.227 e. The van der Waals surface area contributed by atoms with Crippen LogP contribution in [-0.4, -0.2) is 44.3 Å². The van der Waals surface area contributed by atoms with E-state index in [-0.39, 0.29) is 5.91 Å². The molecular formula is C23H24F2N6O. The van der Waals surface area contributed by atoms with E-state index in [1.165, 1.54) is 6.07 Å². The third-order valence-corrected chi connectivity index (χ3v) is 6.49. The molecule has 0 radical (unpaired) electrons. The molecule has 4 heterocycles. The average Bonchev–Trinajstić information content (AvgIpc) is 3.31. The van der Waals surface area contributed by atoms with Crippen molar-refractivity contribution in [1.82, 2.24) is 19.7 Å². The van der Waals surface area contributed by atoms with Gasteiger partial charge in [0.15, 0.2) is 17.5 Å². The Kier molecular flexibility index (Phi) is 5.11. The smallest absolute Gasteiger partial charge is 0.227 e. The van der Waals surface area contributed by atoms with Crippen LogP contribution in [0, 0.1) is 18.6 Å². The molecule has 1 aromatic carbocycles. The van der Waals surface area contributed by atoms with Crippen LogP contribution in [0.15, 0.2) is 42.7 Å². The SMILES string of the molecule is Cc1nc(N2CCC3(CCCC(=O)N3c3ccc(F)c(F)c3)CC2)cc(-n2cccn2)n1. The van der Waals surface area contributed by atoms with Gasteiger partial charge in [0.05, 0.1) is 5.54 Å². The minimum Gasteiger partial charge on any atom is -0.356 e. The second-order valence-corrected chi connectivity index (χ2v) is 8.47. The van der Waals surface area contributed by atoms with E-state index in [2.05, 4.69) is 20.0 Å². The van der Waals surface area contributed by atoms with Gasteiger partial charge in [0.1, 0.15) is 11.6 Å². The lowest BCUT2D eigenvalue weighted by atomic mass is 9.78. The Hall–Kier alpha value is -3.36. The van der Waals surface area contributed by atoms with Gasteiger partial charge in [-0.3, -0.25) is 4.79 Å². The highest BCUT2D eigenvalue weighted by atomic mass is 19.2. The molecule has 1 amide bonds. The minimum atomic E-state index is -0.934. The third kappa shape index (κ3) is 3.61. The monoisotopic (exact) mass is 438 g/mol. The van der Waals surface area contributed by atoms with Crippen molar-refractivity contribution in [3.8, 4) is 5.82 Å². The van der Waals surface area contributed by atoms with Crippen LogP contribution in [0.2, 0.25) is 0 Å². The number of carbonyl (C=O) groups excluding carboxylic acids is 1. The molecule has 0 aliphatic carbocycles. The molecule has 2 fully saturated rings. The molecule has 2 aliphatic heterocycles. The van der Waals surface area contributed by atoms with E-state index in [4.69, 9.17) is 0 Å². The topological polar surface area (TPSA) is 67.2 Å². The molecule has 7 nitrogen and oxygen atoms in total. The summed E-state index contributed by atoms with van der Waals surface area (Å²) in [6.45, 7) is 3.25. The molecule has 3 aromatic rings. The number of hydrogen-bond donors (Lipinski definition) is 0. The van der Waals surface area contributed by atoms with Gasteiger partial charge in [-0.05, 0) is 50.8 Å². The van der Waals surface area contributed by atoms with Crippen LogP contribution in [0.5, 0.6) is 0 Å². The second-order valence-electron chi connectivity index (χ2n) is 8.47. The zero-order valence-electron chi connectivity index (χ0n) is 17.8. The molecule has 5 rings (SSSR count). The summed E-state index contributed by atoms with van der Waals surface area (Å²) in [5.74, 6) is 0.303. The van der Waals surface area contributed by atoms with Gasteiger partial charge >= 0.3 is 0 Å². The van der Waals surface area contributed by atoms with Gasteiger partial charge in [-0.15, -0.1) is 0 Å². The summed E-state index contributed by atoms with van der Waals surface area (Å²) in [4.78, 5) is 25.9. The number of anilines is 2. The van der Waals surface area contributed by atoms with E-state index in [0.29, 0.717) is 36.8 Å². The Morgan fingerprint density at radius 2 is 1.78 bits per heavy atom. The molecule has 0 unspecified atom stereocenters. The molecule has 2 saturated heterocycles. The van der Waals surface area contributed by atoms with Gasteiger partial charge in [-0.2, -0.15) is 5.10 Å². The van der Waals surface area contributed by atoms with Gasteiger partial charge in [-0.1, -0.05) is 0 Å². The van der Waals surface area contributed by atoms with Gasteiger partial charge < -0.3 is 9.80 Å². The lowest BCUT2D eigenvalue weighted by molar-refractivity contribution is -0.121. The maximum atomic E-state index is 13.9. The van der Waals surface area contributed by atoms with E-state index in [1.807, 2.05) is 25.3 Å². The first kappa shape index (κ1) is 20.5. The summed E-state index contributed by atoms with van der Waals surface area (Å²) in [5.41, 5.74) is 0.0316. The average molecular weight is 438 g/mol. The van der Waals surface area contributed by atoms with Crippen molar-refractivity contribution in [1.29, 1.82) is 0 Å². The first-order valence-electron chi connectivity index (χ1n) is 10.8. The summed E-state index contributed by atoms with van der Waals surface area (Å²) in [5, 5.41) is 4.25. The first-order chi connectivity index (χ1) is 15.4. The quantitative estimate of drug-likeness (QED) is 0.622. The predicted molar refractivity (Wildman–Crippen MR) is 116 cm³/mol. The highest BCUT2D eigenvalue weighted by molar-refractivity contribution is 5.95. The first-order valence-corrected chi connectivity index (χ1v) is 10.8. The number of rotatable bonds is 3. The van der Waals surface area contributed by atoms with Crippen LogP contribution in [0.4, 0.5) is 20.3 Å². The maximum absolute atomic E-state index is 13.9. The van der Waals surface area contributed by atoms with E-state index < -0.39 is 17.2 Å². The molecule has 0 N–H and O–H groups in total. The van der Waals surface area contributed by atoms with Crippen LogP contribution in [-0.2, 0) is 4.79 Å². The second kappa shape index (κ2) is 7.96. The minimum absolute atomic E-state index is 0.0328. The third-order valence-electron chi connectivity index (χ3n) is 6.49. The Morgan fingerprint density at radius 1 is 1.00 bits per heavy atom. The Balaban J connectivity index is 1.41. The summed E-state index contributed by atoms with van der Waals surface area (Å²) in [6, 6.07) is 7.48. The number of benzene rings is 1. The number of halogens is 2. The number of aryl methyl sites for hydroxylation is 1. The Morgan fingerprint density at radius 3 is 2.50 bits per heavy atom. The number of aromatic nitrogens is 4. The number of carbonyl (C=O) groups is 1. The normalized spacial score (nSPS) is 18.4. The summed E-state index contributed by atoms with van der Waals surface area (Å²) < 4.78 is 29.2. The molecular weight excluding hydrogens is 414 g/mol. The highest BCUT2D eigenvalue weighted by Crippen LogP contribution is 2.42. The molecule has 2 aliphatic rings. The zero-order valence-corrected chi connectivity index (χ0v) is 17.8. The highest BCUT2D eigenvalue weighted by Gasteiger charge is 2.45. The van der Waals surface area contributed by atoms with Crippen molar-refractivity contribution in [3.63, 3.8) is 0 Å². The molecule has 32 heavy (non-hydrogen) atoms.